The average molecular weight is 429 g/mol. The molecular weight excluding hydrogens is 399 g/mol. The lowest BCUT2D eigenvalue weighted by Gasteiger charge is -2.35. The maximum atomic E-state index is 13.1. The lowest BCUT2D eigenvalue weighted by molar-refractivity contribution is -0.135. The van der Waals surface area contributed by atoms with E-state index < -0.39 is 11.7 Å². The number of hydrogen-bond acceptors (Lipinski definition) is 5. The van der Waals surface area contributed by atoms with E-state index in [1.54, 1.807) is 12.0 Å². The van der Waals surface area contributed by atoms with Gasteiger partial charge in [-0.1, -0.05) is 0 Å². The van der Waals surface area contributed by atoms with Gasteiger partial charge in [0.2, 0.25) is 5.91 Å². The zero-order valence-electron chi connectivity index (χ0n) is 17.3. The molecule has 4 aliphatic rings. The van der Waals surface area contributed by atoms with E-state index in [4.69, 9.17) is 9.47 Å². The Kier molecular flexibility index (Phi) is 6.41. The highest BCUT2D eigenvalue weighted by Crippen LogP contribution is 2.33. The van der Waals surface area contributed by atoms with Crippen LogP contribution in [0.5, 0.6) is 0 Å². The zero-order valence-corrected chi connectivity index (χ0v) is 17.3. The number of rotatable bonds is 4. The van der Waals surface area contributed by atoms with Gasteiger partial charge in [0.25, 0.3) is 0 Å². The Hall–Kier alpha value is -1.58. The molecule has 30 heavy (non-hydrogen) atoms. The summed E-state index contributed by atoms with van der Waals surface area (Å²) in [5.74, 6) is -0.0123. The monoisotopic (exact) mass is 429 g/mol. The Morgan fingerprint density at radius 1 is 1.33 bits per heavy atom. The molecule has 4 rings (SSSR count). The summed E-state index contributed by atoms with van der Waals surface area (Å²) in [7, 11) is 1.69. The maximum absolute atomic E-state index is 13.1. The molecule has 2 fully saturated rings. The first kappa shape index (κ1) is 21.6. The van der Waals surface area contributed by atoms with Gasteiger partial charge in [-0.2, -0.15) is 13.2 Å². The van der Waals surface area contributed by atoms with Crippen molar-refractivity contribution in [1.82, 2.24) is 15.5 Å². The summed E-state index contributed by atoms with van der Waals surface area (Å²) in [5, 5.41) is 6.53. The molecule has 6 nitrogen and oxygen atoms in total. The minimum absolute atomic E-state index is 0.0226. The second-order valence-electron chi connectivity index (χ2n) is 8.65. The molecule has 0 aromatic rings. The largest absolute Gasteiger partial charge is 0.414 e. The highest BCUT2D eigenvalue weighted by Gasteiger charge is 2.39. The fourth-order valence-corrected chi connectivity index (χ4v) is 5.01. The normalized spacial score (nSPS) is 32.5. The highest BCUT2D eigenvalue weighted by molar-refractivity contribution is 5.80. The number of nitrogens with one attached hydrogen (secondary N) is 2. The standard InChI is InChI=1S/C21H30F3N3O3/c1-29-19-12-30-7-5-18(19)26-16-3-2-13(9-16)20(28)27-6-4-17-14(11-27)8-15(10-25-17)21(22,23)24/h8,13,16,18-19,25-26H,2-7,9-12H2,1H3. The predicted octanol–water partition coefficient (Wildman–Crippen LogP) is 2.13. The Morgan fingerprint density at radius 2 is 2.17 bits per heavy atom. The highest BCUT2D eigenvalue weighted by atomic mass is 19.4. The van der Waals surface area contributed by atoms with Gasteiger partial charge in [-0.25, -0.2) is 0 Å². The lowest BCUT2D eigenvalue weighted by atomic mass is 9.97. The summed E-state index contributed by atoms with van der Waals surface area (Å²) in [5.41, 5.74) is 0.846. The third kappa shape index (κ3) is 4.68. The number of ether oxygens (including phenoxy) is 2. The number of alkyl halides is 3. The second kappa shape index (κ2) is 8.88. The van der Waals surface area contributed by atoms with Crippen LogP contribution in [0.2, 0.25) is 0 Å². The molecule has 0 aromatic carbocycles. The number of carbonyl (C=O) groups is 1. The molecule has 3 heterocycles. The number of methoxy groups -OCH3 is 1. The van der Waals surface area contributed by atoms with Crippen molar-refractivity contribution < 1.29 is 27.4 Å². The molecule has 0 radical (unpaired) electrons. The number of dihydropyridines is 1. The molecule has 0 bridgehead atoms. The van der Waals surface area contributed by atoms with Crippen LogP contribution in [0.4, 0.5) is 13.2 Å². The molecule has 0 spiro atoms. The molecule has 2 N–H and O–H groups in total. The summed E-state index contributed by atoms with van der Waals surface area (Å²) in [6.45, 7) is 1.90. The Balaban J connectivity index is 1.33. The summed E-state index contributed by atoms with van der Waals surface area (Å²) in [4.78, 5) is 14.8. The summed E-state index contributed by atoms with van der Waals surface area (Å²) >= 11 is 0. The predicted molar refractivity (Wildman–Crippen MR) is 105 cm³/mol. The van der Waals surface area contributed by atoms with Crippen molar-refractivity contribution in [1.29, 1.82) is 0 Å². The number of nitrogens with zero attached hydrogens (tertiary/aromatic N) is 1. The van der Waals surface area contributed by atoms with Crippen molar-refractivity contribution in [3.05, 3.63) is 22.9 Å². The number of halogens is 3. The van der Waals surface area contributed by atoms with Crippen molar-refractivity contribution in [3.8, 4) is 0 Å². The average Bonchev–Trinajstić information content (AvgIpc) is 3.20. The molecule has 168 valence electrons. The first-order valence-electron chi connectivity index (χ1n) is 10.7. The fourth-order valence-electron chi connectivity index (χ4n) is 5.01. The van der Waals surface area contributed by atoms with Crippen LogP contribution in [0.3, 0.4) is 0 Å². The van der Waals surface area contributed by atoms with Crippen LogP contribution in [0.15, 0.2) is 22.9 Å². The van der Waals surface area contributed by atoms with Crippen LogP contribution < -0.4 is 10.6 Å². The Labute approximate surface area is 174 Å². The molecule has 1 aliphatic carbocycles. The zero-order chi connectivity index (χ0) is 21.3. The molecular formula is C21H30F3N3O3. The summed E-state index contributed by atoms with van der Waals surface area (Å²) < 4.78 is 50.1. The fraction of sp³-hybridized carbons (Fsp3) is 0.762. The van der Waals surface area contributed by atoms with Crippen molar-refractivity contribution >= 4 is 5.91 Å². The van der Waals surface area contributed by atoms with Crippen LogP contribution in [-0.2, 0) is 14.3 Å². The van der Waals surface area contributed by atoms with Gasteiger partial charge in [-0.05, 0) is 37.3 Å². The van der Waals surface area contributed by atoms with Gasteiger partial charge < -0.3 is 25.0 Å². The minimum atomic E-state index is -4.34. The van der Waals surface area contributed by atoms with Gasteiger partial charge in [0.15, 0.2) is 0 Å². The molecule has 0 aromatic heterocycles. The SMILES string of the molecule is COC1COCCC1NC1CCC(C(=O)N2CCC3=C(C=C(C(F)(F)F)CN3)C2)C1. The second-order valence-corrected chi connectivity index (χ2v) is 8.65. The first-order valence-corrected chi connectivity index (χ1v) is 10.7. The first-order chi connectivity index (χ1) is 14.3. The van der Waals surface area contributed by atoms with E-state index >= 15 is 0 Å². The molecule has 1 amide bonds. The quantitative estimate of drug-likeness (QED) is 0.717. The topological polar surface area (TPSA) is 62.8 Å². The van der Waals surface area contributed by atoms with E-state index in [2.05, 4.69) is 10.6 Å². The van der Waals surface area contributed by atoms with Crippen molar-refractivity contribution in [2.24, 2.45) is 5.92 Å². The molecule has 4 unspecified atom stereocenters. The van der Waals surface area contributed by atoms with Crippen LogP contribution in [-0.4, -0.2) is 75.1 Å². The van der Waals surface area contributed by atoms with Crippen molar-refractivity contribution in [3.63, 3.8) is 0 Å². The molecule has 9 heteroatoms. The van der Waals surface area contributed by atoms with Crippen molar-refractivity contribution in [2.75, 3.05) is 40.0 Å². The maximum Gasteiger partial charge on any atom is 0.414 e. The van der Waals surface area contributed by atoms with E-state index in [0.717, 1.165) is 31.4 Å². The van der Waals surface area contributed by atoms with Crippen molar-refractivity contribution in [2.45, 2.75) is 56.5 Å². The number of amides is 1. The smallest absolute Gasteiger partial charge is 0.384 e. The van der Waals surface area contributed by atoms with E-state index in [1.165, 1.54) is 6.08 Å². The van der Waals surface area contributed by atoms with E-state index in [0.29, 0.717) is 31.8 Å². The van der Waals surface area contributed by atoms with Crippen LogP contribution in [0.25, 0.3) is 0 Å². The number of carbonyl (C=O) groups excluding carboxylic acids is 1. The van der Waals surface area contributed by atoms with Gasteiger partial charge >= 0.3 is 6.18 Å². The van der Waals surface area contributed by atoms with Crippen LogP contribution >= 0.6 is 0 Å². The van der Waals surface area contributed by atoms with Gasteiger partial charge in [0.1, 0.15) is 0 Å². The Morgan fingerprint density at radius 3 is 2.93 bits per heavy atom. The third-order valence-corrected chi connectivity index (χ3v) is 6.74. The minimum Gasteiger partial charge on any atom is -0.384 e. The Bertz CT molecular complexity index is 722. The van der Waals surface area contributed by atoms with Crippen LogP contribution in [0, 0.1) is 5.92 Å². The summed E-state index contributed by atoms with van der Waals surface area (Å²) in [6, 6.07) is 0.483. The van der Waals surface area contributed by atoms with Gasteiger partial charge in [0.05, 0.1) is 18.3 Å². The van der Waals surface area contributed by atoms with E-state index in [-0.39, 0.29) is 43.1 Å². The van der Waals surface area contributed by atoms with Gasteiger partial charge in [-0.3, -0.25) is 4.79 Å². The van der Waals surface area contributed by atoms with E-state index in [1.807, 2.05) is 0 Å². The number of hydrogen-bond donors (Lipinski definition) is 2. The van der Waals surface area contributed by atoms with Gasteiger partial charge in [-0.15, -0.1) is 0 Å². The molecule has 3 aliphatic heterocycles. The molecule has 4 atom stereocenters. The molecule has 1 saturated carbocycles. The van der Waals surface area contributed by atoms with Crippen LogP contribution in [0.1, 0.15) is 32.1 Å². The molecule has 1 saturated heterocycles. The lowest BCUT2D eigenvalue weighted by Crippen LogP contribution is -2.50. The summed E-state index contributed by atoms with van der Waals surface area (Å²) in [6.07, 6.45) is 0.859. The van der Waals surface area contributed by atoms with E-state index in [9.17, 15) is 18.0 Å². The third-order valence-electron chi connectivity index (χ3n) is 6.74. The van der Waals surface area contributed by atoms with Gasteiger partial charge in [0, 0.05) is 63.5 Å².